The van der Waals surface area contributed by atoms with Gasteiger partial charge in [0.15, 0.2) is 5.96 Å². The minimum Gasteiger partial charge on any atom is -0.497 e. The van der Waals surface area contributed by atoms with Crippen molar-refractivity contribution >= 4 is 16.9 Å². The van der Waals surface area contributed by atoms with Crippen LogP contribution in [0.2, 0.25) is 0 Å². The number of aryl methyl sites for hydroxylation is 1. The van der Waals surface area contributed by atoms with Crippen LogP contribution in [0.15, 0.2) is 51.9 Å². The molecule has 2 aromatic carbocycles. The van der Waals surface area contributed by atoms with Crippen LogP contribution in [-0.4, -0.2) is 38.4 Å². The quantitative estimate of drug-likeness (QED) is 0.388. The van der Waals surface area contributed by atoms with Crippen LogP contribution in [0.3, 0.4) is 0 Å². The van der Waals surface area contributed by atoms with Gasteiger partial charge in [-0.3, -0.25) is 0 Å². The molecule has 0 saturated heterocycles. The van der Waals surface area contributed by atoms with Crippen molar-refractivity contribution in [1.82, 2.24) is 10.6 Å². The Balaban J connectivity index is 1.70. The minimum atomic E-state index is -0.759. The second kappa shape index (κ2) is 10.0. The van der Waals surface area contributed by atoms with Crippen LogP contribution in [0.4, 0.5) is 0 Å². The van der Waals surface area contributed by atoms with Crippen molar-refractivity contribution in [1.29, 1.82) is 0 Å². The number of rotatable bonds is 8. The van der Waals surface area contributed by atoms with Gasteiger partial charge in [0.1, 0.15) is 29.4 Å². The Morgan fingerprint density at radius 1 is 1.10 bits per heavy atom. The Labute approximate surface area is 176 Å². The number of guanidine groups is 1. The van der Waals surface area contributed by atoms with Gasteiger partial charge in [0.05, 0.1) is 20.3 Å². The summed E-state index contributed by atoms with van der Waals surface area (Å²) in [6, 6.07) is 13.3. The first-order valence-corrected chi connectivity index (χ1v) is 9.96. The third kappa shape index (κ3) is 5.04. The predicted molar refractivity (Wildman–Crippen MR) is 118 cm³/mol. The molecular formula is C23H29N3O4. The zero-order chi connectivity index (χ0) is 21.5. The number of aliphatic hydroxyl groups excluding tert-OH is 1. The number of furan rings is 1. The largest absolute Gasteiger partial charge is 0.497 e. The van der Waals surface area contributed by atoms with Crippen molar-refractivity contribution in [3.8, 4) is 11.5 Å². The van der Waals surface area contributed by atoms with E-state index in [-0.39, 0.29) is 6.54 Å². The zero-order valence-corrected chi connectivity index (χ0v) is 17.9. The van der Waals surface area contributed by atoms with Gasteiger partial charge >= 0.3 is 0 Å². The number of nitrogens with zero attached hydrogens (tertiary/aromatic N) is 1. The van der Waals surface area contributed by atoms with E-state index in [2.05, 4.69) is 15.6 Å². The summed E-state index contributed by atoms with van der Waals surface area (Å²) in [6.45, 7) is 5.41. The maximum absolute atomic E-state index is 10.6. The standard InChI is InChI=1S/C23H29N3O4/c1-5-24-23(26-14-22-15(2)19-8-6-7-9-21(19)30-22)25-13-20(27)16-10-17(28-3)12-18(11-16)29-4/h6-12,20,27H,5,13-14H2,1-4H3,(H2,24,25,26). The molecule has 0 radical (unpaired) electrons. The van der Waals surface area contributed by atoms with Crippen LogP contribution in [0, 0.1) is 6.92 Å². The lowest BCUT2D eigenvalue weighted by molar-refractivity contribution is 0.180. The first-order valence-electron chi connectivity index (χ1n) is 9.96. The van der Waals surface area contributed by atoms with E-state index in [1.54, 1.807) is 32.4 Å². The molecule has 0 spiro atoms. The minimum absolute atomic E-state index is 0.279. The summed E-state index contributed by atoms with van der Waals surface area (Å²) in [4.78, 5) is 4.61. The highest BCUT2D eigenvalue weighted by molar-refractivity contribution is 5.82. The fourth-order valence-electron chi connectivity index (χ4n) is 3.20. The lowest BCUT2D eigenvalue weighted by atomic mass is 10.1. The van der Waals surface area contributed by atoms with Gasteiger partial charge in [0.25, 0.3) is 0 Å². The van der Waals surface area contributed by atoms with Gasteiger partial charge in [0.2, 0.25) is 0 Å². The fraction of sp³-hybridized carbons (Fsp3) is 0.348. The predicted octanol–water partition coefficient (Wildman–Crippen LogP) is 3.55. The molecule has 1 atom stereocenters. The Bertz CT molecular complexity index is 991. The number of para-hydroxylation sites is 1. The van der Waals surface area contributed by atoms with Crippen molar-refractivity contribution in [3.63, 3.8) is 0 Å². The second-order valence-corrected chi connectivity index (χ2v) is 6.88. The Hall–Kier alpha value is -3.19. The van der Waals surface area contributed by atoms with Crippen molar-refractivity contribution in [2.75, 3.05) is 27.3 Å². The molecule has 0 aliphatic carbocycles. The van der Waals surface area contributed by atoms with Gasteiger partial charge in [-0.05, 0) is 37.6 Å². The highest BCUT2D eigenvalue weighted by Gasteiger charge is 2.13. The monoisotopic (exact) mass is 411 g/mol. The van der Waals surface area contributed by atoms with Crippen molar-refractivity contribution in [2.45, 2.75) is 26.5 Å². The van der Waals surface area contributed by atoms with E-state index in [9.17, 15) is 5.11 Å². The molecule has 0 aliphatic heterocycles. The number of aliphatic hydroxyl groups is 1. The summed E-state index contributed by atoms with van der Waals surface area (Å²) < 4.78 is 16.5. The average Bonchev–Trinajstić information content (AvgIpc) is 3.10. The number of nitrogens with one attached hydrogen (secondary N) is 2. The normalized spacial score (nSPS) is 12.6. The first kappa shape index (κ1) is 21.5. The number of hydrogen-bond donors (Lipinski definition) is 3. The van der Waals surface area contributed by atoms with Crippen LogP contribution in [0.5, 0.6) is 11.5 Å². The van der Waals surface area contributed by atoms with Crippen LogP contribution in [-0.2, 0) is 6.54 Å². The van der Waals surface area contributed by atoms with E-state index < -0.39 is 6.10 Å². The van der Waals surface area contributed by atoms with Crippen molar-refractivity contribution in [2.24, 2.45) is 4.99 Å². The number of aliphatic imine (C=N–C) groups is 1. The molecule has 30 heavy (non-hydrogen) atoms. The second-order valence-electron chi connectivity index (χ2n) is 6.88. The van der Waals surface area contributed by atoms with Gasteiger partial charge < -0.3 is 29.6 Å². The smallest absolute Gasteiger partial charge is 0.191 e. The highest BCUT2D eigenvalue weighted by Crippen LogP contribution is 2.27. The topological polar surface area (TPSA) is 88.3 Å². The van der Waals surface area contributed by atoms with Crippen molar-refractivity contribution < 1.29 is 19.0 Å². The molecule has 1 aromatic heterocycles. The molecule has 0 fully saturated rings. The van der Waals surface area contributed by atoms with Gasteiger partial charge in [-0.25, -0.2) is 4.99 Å². The number of hydrogen-bond acceptors (Lipinski definition) is 5. The molecule has 0 amide bonds. The summed E-state index contributed by atoms with van der Waals surface area (Å²) in [6.07, 6.45) is -0.759. The third-order valence-corrected chi connectivity index (χ3v) is 4.89. The van der Waals surface area contributed by atoms with E-state index in [1.807, 2.05) is 38.1 Å². The summed E-state index contributed by atoms with van der Waals surface area (Å²) in [5.74, 6) is 2.69. The van der Waals surface area contributed by atoms with Crippen LogP contribution in [0.25, 0.3) is 11.0 Å². The molecule has 7 nitrogen and oxygen atoms in total. The van der Waals surface area contributed by atoms with Crippen LogP contribution in [0.1, 0.15) is 29.9 Å². The Morgan fingerprint density at radius 3 is 2.43 bits per heavy atom. The molecule has 3 N–H and O–H groups in total. The molecule has 3 rings (SSSR count). The molecule has 0 bridgehead atoms. The summed E-state index contributed by atoms with van der Waals surface area (Å²) >= 11 is 0. The molecule has 7 heteroatoms. The zero-order valence-electron chi connectivity index (χ0n) is 17.9. The Morgan fingerprint density at radius 2 is 1.80 bits per heavy atom. The molecule has 1 unspecified atom stereocenters. The Kier molecular flexibility index (Phi) is 7.19. The van der Waals surface area contributed by atoms with Gasteiger partial charge in [-0.15, -0.1) is 0 Å². The lowest BCUT2D eigenvalue weighted by Crippen LogP contribution is -2.39. The number of methoxy groups -OCH3 is 2. The molecule has 160 valence electrons. The summed E-state index contributed by atoms with van der Waals surface area (Å²) in [5, 5.41) is 18.1. The van der Waals surface area contributed by atoms with Gasteiger partial charge in [-0.2, -0.15) is 0 Å². The van der Waals surface area contributed by atoms with Crippen molar-refractivity contribution in [3.05, 3.63) is 59.4 Å². The van der Waals surface area contributed by atoms with E-state index >= 15 is 0 Å². The molecule has 1 heterocycles. The number of ether oxygens (including phenoxy) is 2. The third-order valence-electron chi connectivity index (χ3n) is 4.89. The lowest BCUT2D eigenvalue weighted by Gasteiger charge is -2.17. The highest BCUT2D eigenvalue weighted by atomic mass is 16.5. The summed E-state index contributed by atoms with van der Waals surface area (Å²) in [5.41, 5.74) is 2.65. The van der Waals surface area contributed by atoms with Gasteiger partial charge in [0, 0.05) is 30.1 Å². The maximum Gasteiger partial charge on any atom is 0.191 e. The van der Waals surface area contributed by atoms with Gasteiger partial charge in [-0.1, -0.05) is 18.2 Å². The summed E-state index contributed by atoms with van der Waals surface area (Å²) in [7, 11) is 3.17. The molecule has 0 saturated carbocycles. The van der Waals surface area contributed by atoms with E-state index in [4.69, 9.17) is 13.9 Å². The van der Waals surface area contributed by atoms with E-state index in [0.717, 1.165) is 22.3 Å². The molecular weight excluding hydrogens is 382 g/mol. The molecule has 0 aliphatic rings. The van der Waals surface area contributed by atoms with Crippen LogP contribution < -0.4 is 20.1 Å². The molecule has 3 aromatic rings. The van der Waals surface area contributed by atoms with E-state index in [1.165, 1.54) is 0 Å². The van der Waals surface area contributed by atoms with Crippen LogP contribution >= 0.6 is 0 Å². The van der Waals surface area contributed by atoms with E-state index in [0.29, 0.717) is 36.1 Å². The first-order chi connectivity index (χ1) is 14.5. The number of fused-ring (bicyclic) bond motifs is 1. The fourth-order valence-corrected chi connectivity index (χ4v) is 3.20. The average molecular weight is 412 g/mol. The maximum atomic E-state index is 10.6. The SMILES string of the molecule is CCNC(=NCc1oc2ccccc2c1C)NCC(O)c1cc(OC)cc(OC)c1. The number of benzene rings is 2.